The molecule has 1 aromatic rings. The zero-order valence-corrected chi connectivity index (χ0v) is 13.8. The van der Waals surface area contributed by atoms with Crippen molar-refractivity contribution in [2.75, 3.05) is 46.9 Å². The predicted molar refractivity (Wildman–Crippen MR) is 86.4 cm³/mol. The molecule has 118 valence electrons. The van der Waals surface area contributed by atoms with Crippen LogP contribution in [0, 0.1) is 0 Å². The number of nitrogens with zero attached hydrogens (tertiary/aromatic N) is 2. The molecule has 4 heteroatoms. The minimum absolute atomic E-state index is 0.558. The van der Waals surface area contributed by atoms with Gasteiger partial charge in [0, 0.05) is 32.2 Å². The van der Waals surface area contributed by atoms with Crippen LogP contribution < -0.4 is 9.47 Å². The highest BCUT2D eigenvalue weighted by Crippen LogP contribution is 2.28. The number of rotatable bonds is 6. The summed E-state index contributed by atoms with van der Waals surface area (Å²) in [5.41, 5.74) is 1.30. The number of benzene rings is 1. The standard InChI is InChI=1S/C17H28N2O2/c1-5-18-8-10-19(11-9-18)14(2)12-15-6-7-16(20-3)17(13-15)21-4/h6-7,13-14H,5,8-12H2,1-4H3/t14-/m1/s1. The topological polar surface area (TPSA) is 24.9 Å². The van der Waals surface area contributed by atoms with Crippen molar-refractivity contribution in [3.8, 4) is 11.5 Å². The molecule has 4 nitrogen and oxygen atoms in total. The van der Waals surface area contributed by atoms with E-state index in [1.165, 1.54) is 31.7 Å². The molecule has 0 aromatic heterocycles. The first-order valence-electron chi connectivity index (χ1n) is 7.85. The van der Waals surface area contributed by atoms with Crippen molar-refractivity contribution in [3.05, 3.63) is 23.8 Å². The van der Waals surface area contributed by atoms with Crippen LogP contribution in [0.3, 0.4) is 0 Å². The van der Waals surface area contributed by atoms with Gasteiger partial charge in [0.2, 0.25) is 0 Å². The second-order valence-electron chi connectivity index (χ2n) is 5.71. The Morgan fingerprint density at radius 1 is 1.05 bits per heavy atom. The third kappa shape index (κ3) is 4.11. The van der Waals surface area contributed by atoms with Gasteiger partial charge in [-0.3, -0.25) is 4.90 Å². The molecular weight excluding hydrogens is 264 g/mol. The van der Waals surface area contributed by atoms with Gasteiger partial charge < -0.3 is 14.4 Å². The third-order valence-corrected chi connectivity index (χ3v) is 4.46. The lowest BCUT2D eigenvalue weighted by Crippen LogP contribution is -2.49. The summed E-state index contributed by atoms with van der Waals surface area (Å²) in [4.78, 5) is 5.10. The Bertz CT molecular complexity index is 442. The normalized spacial score (nSPS) is 18.5. The van der Waals surface area contributed by atoms with Crippen LogP contribution in [0.4, 0.5) is 0 Å². The van der Waals surface area contributed by atoms with E-state index in [2.05, 4.69) is 35.8 Å². The fourth-order valence-corrected chi connectivity index (χ4v) is 3.00. The largest absolute Gasteiger partial charge is 0.493 e. The van der Waals surface area contributed by atoms with Crippen LogP contribution in [0.25, 0.3) is 0 Å². The summed E-state index contributed by atoms with van der Waals surface area (Å²) in [6, 6.07) is 6.79. The fraction of sp³-hybridized carbons (Fsp3) is 0.647. The van der Waals surface area contributed by atoms with Gasteiger partial charge in [-0.15, -0.1) is 0 Å². The molecule has 1 saturated heterocycles. The van der Waals surface area contributed by atoms with E-state index in [0.29, 0.717) is 6.04 Å². The lowest BCUT2D eigenvalue weighted by Gasteiger charge is -2.37. The minimum atomic E-state index is 0.558. The monoisotopic (exact) mass is 292 g/mol. The maximum absolute atomic E-state index is 5.39. The van der Waals surface area contributed by atoms with Gasteiger partial charge in [0.15, 0.2) is 11.5 Å². The molecule has 1 atom stereocenters. The van der Waals surface area contributed by atoms with Gasteiger partial charge in [-0.05, 0) is 37.6 Å². The van der Waals surface area contributed by atoms with Gasteiger partial charge in [0.25, 0.3) is 0 Å². The number of piperazine rings is 1. The number of hydrogen-bond acceptors (Lipinski definition) is 4. The summed E-state index contributed by atoms with van der Waals surface area (Å²) in [6.07, 6.45) is 1.05. The van der Waals surface area contributed by atoms with Crippen molar-refractivity contribution in [1.29, 1.82) is 0 Å². The van der Waals surface area contributed by atoms with Crippen LogP contribution in [0.5, 0.6) is 11.5 Å². The second kappa shape index (κ2) is 7.66. The van der Waals surface area contributed by atoms with Gasteiger partial charge in [0.05, 0.1) is 14.2 Å². The van der Waals surface area contributed by atoms with E-state index in [-0.39, 0.29) is 0 Å². The van der Waals surface area contributed by atoms with Crippen LogP contribution in [0.2, 0.25) is 0 Å². The van der Waals surface area contributed by atoms with Gasteiger partial charge in [-0.25, -0.2) is 0 Å². The van der Waals surface area contributed by atoms with Gasteiger partial charge in [-0.1, -0.05) is 13.0 Å². The lowest BCUT2D eigenvalue weighted by atomic mass is 10.0. The number of ether oxygens (including phenoxy) is 2. The van der Waals surface area contributed by atoms with Crippen molar-refractivity contribution >= 4 is 0 Å². The highest BCUT2D eigenvalue weighted by atomic mass is 16.5. The molecule has 0 bridgehead atoms. The van der Waals surface area contributed by atoms with E-state index >= 15 is 0 Å². The molecule has 0 amide bonds. The average Bonchev–Trinajstić information content (AvgIpc) is 2.54. The maximum atomic E-state index is 5.39. The van der Waals surface area contributed by atoms with Crippen LogP contribution in [-0.2, 0) is 6.42 Å². The molecule has 1 heterocycles. The van der Waals surface area contributed by atoms with Crippen molar-refractivity contribution in [1.82, 2.24) is 9.80 Å². The van der Waals surface area contributed by atoms with Gasteiger partial charge in [-0.2, -0.15) is 0 Å². The molecule has 0 radical (unpaired) electrons. The molecule has 1 aliphatic rings. The second-order valence-corrected chi connectivity index (χ2v) is 5.71. The first-order chi connectivity index (χ1) is 10.2. The van der Waals surface area contributed by atoms with Crippen LogP contribution in [0.1, 0.15) is 19.4 Å². The Morgan fingerprint density at radius 3 is 2.29 bits per heavy atom. The number of hydrogen-bond donors (Lipinski definition) is 0. The minimum Gasteiger partial charge on any atom is -0.493 e. The molecule has 21 heavy (non-hydrogen) atoms. The van der Waals surface area contributed by atoms with E-state index in [4.69, 9.17) is 9.47 Å². The first-order valence-corrected chi connectivity index (χ1v) is 7.85. The van der Waals surface area contributed by atoms with Crippen molar-refractivity contribution in [2.24, 2.45) is 0 Å². The van der Waals surface area contributed by atoms with Crippen LogP contribution in [0.15, 0.2) is 18.2 Å². The summed E-state index contributed by atoms with van der Waals surface area (Å²) in [6.45, 7) is 10.4. The molecule has 1 aliphatic heterocycles. The summed E-state index contributed by atoms with van der Waals surface area (Å²) >= 11 is 0. The predicted octanol–water partition coefficient (Wildman–Crippen LogP) is 2.27. The van der Waals surface area contributed by atoms with Crippen LogP contribution >= 0.6 is 0 Å². The zero-order valence-electron chi connectivity index (χ0n) is 13.8. The summed E-state index contributed by atoms with van der Waals surface area (Å²) in [7, 11) is 3.36. The zero-order chi connectivity index (χ0) is 15.2. The lowest BCUT2D eigenvalue weighted by molar-refractivity contribution is 0.106. The SMILES string of the molecule is CCN1CCN([C@H](C)Cc2ccc(OC)c(OC)c2)CC1. The molecule has 0 spiro atoms. The first kappa shape index (κ1) is 16.1. The maximum Gasteiger partial charge on any atom is 0.160 e. The van der Waals surface area contributed by atoms with Crippen LogP contribution in [-0.4, -0.2) is 62.8 Å². The van der Waals surface area contributed by atoms with E-state index in [9.17, 15) is 0 Å². The van der Waals surface area contributed by atoms with Crippen molar-refractivity contribution in [2.45, 2.75) is 26.3 Å². The van der Waals surface area contributed by atoms with E-state index in [1.807, 2.05) is 6.07 Å². The van der Waals surface area contributed by atoms with Crippen molar-refractivity contribution in [3.63, 3.8) is 0 Å². The Balaban J connectivity index is 1.95. The molecule has 1 fully saturated rings. The van der Waals surface area contributed by atoms with Crippen molar-refractivity contribution < 1.29 is 9.47 Å². The Labute approximate surface area is 128 Å². The third-order valence-electron chi connectivity index (χ3n) is 4.46. The molecule has 0 aliphatic carbocycles. The average molecular weight is 292 g/mol. The molecule has 0 unspecified atom stereocenters. The highest BCUT2D eigenvalue weighted by molar-refractivity contribution is 5.43. The summed E-state index contributed by atoms with van der Waals surface area (Å²) in [5.74, 6) is 1.61. The molecule has 1 aromatic carbocycles. The molecule has 2 rings (SSSR count). The molecular formula is C17H28N2O2. The number of likely N-dealkylation sites (N-methyl/N-ethyl adjacent to an activating group) is 1. The Kier molecular flexibility index (Phi) is 5.88. The van der Waals surface area contributed by atoms with E-state index in [0.717, 1.165) is 24.5 Å². The smallest absolute Gasteiger partial charge is 0.160 e. The quantitative estimate of drug-likeness (QED) is 0.803. The molecule has 0 N–H and O–H groups in total. The van der Waals surface area contributed by atoms with Gasteiger partial charge >= 0.3 is 0 Å². The van der Waals surface area contributed by atoms with Gasteiger partial charge in [0.1, 0.15) is 0 Å². The Hall–Kier alpha value is -1.26. The molecule has 0 saturated carbocycles. The summed E-state index contributed by atoms with van der Waals surface area (Å²) < 4.78 is 10.7. The number of methoxy groups -OCH3 is 2. The highest BCUT2D eigenvalue weighted by Gasteiger charge is 2.20. The van der Waals surface area contributed by atoms with E-state index in [1.54, 1.807) is 14.2 Å². The van der Waals surface area contributed by atoms with E-state index < -0.39 is 0 Å². The fourth-order valence-electron chi connectivity index (χ4n) is 3.00. The summed E-state index contributed by atoms with van der Waals surface area (Å²) in [5, 5.41) is 0. The Morgan fingerprint density at radius 2 is 1.71 bits per heavy atom.